The fraction of sp³-hybridized carbons (Fsp3) is 0.333. The number of pyridine rings is 1. The first-order valence-electron chi connectivity index (χ1n) is 9.10. The average molecular weight is 421 g/mol. The van der Waals surface area contributed by atoms with Gasteiger partial charge < -0.3 is 14.3 Å². The number of alkyl halides is 4. The number of H-pyrrole nitrogens is 1. The molecule has 0 radical (unpaired) electrons. The van der Waals surface area contributed by atoms with Crippen LogP contribution in [-0.2, 0) is 12.3 Å². The second kappa shape index (κ2) is 6.54. The van der Waals surface area contributed by atoms with Crippen molar-refractivity contribution in [2.24, 2.45) is 0 Å². The molecule has 0 saturated heterocycles. The second-order valence-corrected chi connectivity index (χ2v) is 7.05. The Morgan fingerprint density at radius 1 is 1.30 bits per heavy atom. The van der Waals surface area contributed by atoms with Crippen LogP contribution in [0.1, 0.15) is 47.9 Å². The van der Waals surface area contributed by atoms with E-state index in [1.165, 1.54) is 29.0 Å². The van der Waals surface area contributed by atoms with E-state index >= 15 is 0 Å². The number of hydrogen-bond acceptors (Lipinski definition) is 6. The first-order chi connectivity index (χ1) is 14.3. The number of hydrogen-bond donors (Lipinski definition) is 1. The lowest BCUT2D eigenvalue weighted by molar-refractivity contribution is -0.0107. The highest BCUT2D eigenvalue weighted by molar-refractivity contribution is 5.58. The summed E-state index contributed by atoms with van der Waals surface area (Å²) < 4.78 is 60.6. The molecular formula is C18H15F4N7O. The molecule has 0 unspecified atom stereocenters. The Morgan fingerprint density at radius 3 is 2.87 bits per heavy atom. The highest BCUT2D eigenvalue weighted by Crippen LogP contribution is 2.38. The van der Waals surface area contributed by atoms with Gasteiger partial charge in [-0.25, -0.2) is 18.3 Å². The maximum atomic E-state index is 13.6. The molecule has 0 spiro atoms. The molecule has 0 fully saturated rings. The fourth-order valence-electron chi connectivity index (χ4n) is 3.67. The van der Waals surface area contributed by atoms with Crippen LogP contribution in [0.3, 0.4) is 0 Å². The number of nitrogens with zero attached hydrogens (tertiary/aromatic N) is 6. The standard InChI is InChI=1S/C18H15F4N7O/c1-18(21,22)16-25-26-17(30-16)28-6-4-10-13(24-8-23-10)14(28)11-7-12-9(15(19)20)3-2-5-29(12)27-11/h2-3,5,7-8,14-15H,4,6H2,1H3,(H,23,24)/t14-/m0/s1. The molecule has 1 N–H and O–H groups in total. The summed E-state index contributed by atoms with van der Waals surface area (Å²) in [6.07, 6.45) is 0.932. The molecule has 0 aromatic carbocycles. The van der Waals surface area contributed by atoms with Crippen LogP contribution < -0.4 is 4.90 Å². The van der Waals surface area contributed by atoms with Gasteiger partial charge in [-0.15, -0.1) is 5.10 Å². The smallest absolute Gasteiger partial charge is 0.321 e. The number of rotatable bonds is 4. The van der Waals surface area contributed by atoms with Gasteiger partial charge in [-0.3, -0.25) is 0 Å². The van der Waals surface area contributed by atoms with Gasteiger partial charge in [0.05, 0.1) is 23.2 Å². The summed E-state index contributed by atoms with van der Waals surface area (Å²) in [4.78, 5) is 8.99. The zero-order valence-corrected chi connectivity index (χ0v) is 15.6. The molecule has 1 aliphatic rings. The van der Waals surface area contributed by atoms with Crippen molar-refractivity contribution in [3.63, 3.8) is 0 Å². The maximum absolute atomic E-state index is 13.6. The van der Waals surface area contributed by atoms with Crippen LogP contribution in [0.25, 0.3) is 5.52 Å². The molecule has 0 aliphatic carbocycles. The SMILES string of the molecule is CC(F)(F)c1nnc(N2CCc3[nH]cnc3[C@@H]2c2cc3c(C(F)F)cccn3n2)o1. The van der Waals surface area contributed by atoms with Gasteiger partial charge in [-0.1, -0.05) is 5.10 Å². The van der Waals surface area contributed by atoms with Gasteiger partial charge in [0, 0.05) is 37.3 Å². The minimum Gasteiger partial charge on any atom is -0.401 e. The summed E-state index contributed by atoms with van der Waals surface area (Å²) in [7, 11) is 0. The van der Waals surface area contributed by atoms with Crippen molar-refractivity contribution in [3.8, 4) is 0 Å². The average Bonchev–Trinajstić information content (AvgIpc) is 3.43. The van der Waals surface area contributed by atoms with Crippen molar-refractivity contribution in [2.75, 3.05) is 11.4 Å². The van der Waals surface area contributed by atoms with Crippen molar-refractivity contribution in [3.05, 3.63) is 59.3 Å². The summed E-state index contributed by atoms with van der Waals surface area (Å²) in [5.74, 6) is -4.09. The van der Waals surface area contributed by atoms with Gasteiger partial charge in [0.2, 0.25) is 0 Å². The van der Waals surface area contributed by atoms with Gasteiger partial charge in [0.1, 0.15) is 6.04 Å². The summed E-state index contributed by atoms with van der Waals surface area (Å²) >= 11 is 0. The quantitative estimate of drug-likeness (QED) is 0.506. The molecule has 0 bridgehead atoms. The van der Waals surface area contributed by atoms with Crippen LogP contribution in [-0.4, -0.2) is 36.3 Å². The number of anilines is 1. The Morgan fingerprint density at radius 2 is 2.13 bits per heavy atom. The summed E-state index contributed by atoms with van der Waals surface area (Å²) in [5, 5.41) is 11.7. The van der Waals surface area contributed by atoms with Crippen LogP contribution in [0.15, 0.2) is 35.1 Å². The predicted molar refractivity (Wildman–Crippen MR) is 95.5 cm³/mol. The number of nitrogens with one attached hydrogen (secondary N) is 1. The Labute approximate surface area is 166 Å². The van der Waals surface area contributed by atoms with Crippen LogP contribution in [0.2, 0.25) is 0 Å². The topological polar surface area (TPSA) is 88.1 Å². The summed E-state index contributed by atoms with van der Waals surface area (Å²) in [5.41, 5.74) is 1.91. The number of aromatic nitrogens is 6. The van der Waals surface area contributed by atoms with E-state index in [0.717, 1.165) is 5.69 Å². The lowest BCUT2D eigenvalue weighted by Crippen LogP contribution is -2.37. The Balaban J connectivity index is 1.64. The molecule has 5 rings (SSSR count). The molecule has 12 heteroatoms. The Hall–Kier alpha value is -3.44. The van der Waals surface area contributed by atoms with E-state index in [1.54, 1.807) is 11.1 Å². The van der Waals surface area contributed by atoms with Crippen molar-refractivity contribution in [1.29, 1.82) is 0 Å². The van der Waals surface area contributed by atoms with Crippen molar-refractivity contribution < 1.29 is 22.0 Å². The van der Waals surface area contributed by atoms with Gasteiger partial charge in [0.25, 0.3) is 12.3 Å². The van der Waals surface area contributed by atoms with E-state index in [4.69, 9.17) is 4.42 Å². The van der Waals surface area contributed by atoms with Crippen molar-refractivity contribution >= 4 is 11.5 Å². The third kappa shape index (κ3) is 2.90. The minimum atomic E-state index is -3.29. The van der Waals surface area contributed by atoms with E-state index in [0.29, 0.717) is 31.3 Å². The number of imidazole rings is 1. The van der Waals surface area contributed by atoms with E-state index in [1.807, 2.05) is 0 Å². The predicted octanol–water partition coefficient (Wildman–Crippen LogP) is 3.64. The van der Waals surface area contributed by atoms with Crippen molar-refractivity contribution in [2.45, 2.75) is 31.7 Å². The fourth-order valence-corrected chi connectivity index (χ4v) is 3.67. The number of aromatic amines is 1. The molecule has 4 aromatic heterocycles. The van der Waals surface area contributed by atoms with E-state index in [9.17, 15) is 17.6 Å². The molecule has 1 aliphatic heterocycles. The molecule has 156 valence electrons. The molecule has 0 amide bonds. The first-order valence-corrected chi connectivity index (χ1v) is 9.10. The van der Waals surface area contributed by atoms with Crippen molar-refractivity contribution in [1.82, 2.24) is 29.8 Å². The molecule has 1 atom stereocenters. The van der Waals surface area contributed by atoms with E-state index in [2.05, 4.69) is 25.3 Å². The number of fused-ring (bicyclic) bond motifs is 2. The third-order valence-corrected chi connectivity index (χ3v) is 5.03. The molecule has 0 saturated carbocycles. The molecular weight excluding hydrogens is 406 g/mol. The number of halogens is 4. The maximum Gasteiger partial charge on any atom is 0.321 e. The van der Waals surface area contributed by atoms with E-state index in [-0.39, 0.29) is 17.1 Å². The summed E-state index contributed by atoms with van der Waals surface area (Å²) in [6.45, 7) is 1.02. The van der Waals surface area contributed by atoms with Gasteiger partial charge in [-0.2, -0.15) is 13.9 Å². The first kappa shape index (κ1) is 18.6. The highest BCUT2D eigenvalue weighted by Gasteiger charge is 2.38. The van der Waals surface area contributed by atoms with Crippen LogP contribution >= 0.6 is 0 Å². The van der Waals surface area contributed by atoms with Gasteiger partial charge >= 0.3 is 11.9 Å². The largest absolute Gasteiger partial charge is 0.401 e. The Bertz CT molecular complexity index is 1210. The zero-order chi connectivity index (χ0) is 21.0. The van der Waals surface area contributed by atoms with Crippen LogP contribution in [0, 0.1) is 0 Å². The molecule has 30 heavy (non-hydrogen) atoms. The molecule has 4 aromatic rings. The lowest BCUT2D eigenvalue weighted by Gasteiger charge is -2.32. The highest BCUT2D eigenvalue weighted by atomic mass is 19.3. The third-order valence-electron chi connectivity index (χ3n) is 5.03. The molecule has 8 nitrogen and oxygen atoms in total. The molecule has 5 heterocycles. The van der Waals surface area contributed by atoms with Crippen LogP contribution in [0.4, 0.5) is 23.6 Å². The van der Waals surface area contributed by atoms with Gasteiger partial charge in [0.15, 0.2) is 0 Å². The van der Waals surface area contributed by atoms with Crippen LogP contribution in [0.5, 0.6) is 0 Å². The summed E-state index contributed by atoms with van der Waals surface area (Å²) in [6, 6.07) is 3.56. The monoisotopic (exact) mass is 421 g/mol. The zero-order valence-electron chi connectivity index (χ0n) is 15.6. The lowest BCUT2D eigenvalue weighted by atomic mass is 10.00. The Kier molecular flexibility index (Phi) is 4.05. The second-order valence-electron chi connectivity index (χ2n) is 7.05. The normalized spacial score (nSPS) is 17.1. The van der Waals surface area contributed by atoms with E-state index < -0.39 is 24.3 Å². The minimum absolute atomic E-state index is 0.115. The van der Waals surface area contributed by atoms with Gasteiger partial charge in [-0.05, 0) is 18.2 Å².